The summed E-state index contributed by atoms with van der Waals surface area (Å²) in [5, 5.41) is 196. The van der Waals surface area contributed by atoms with Gasteiger partial charge in [0.25, 0.3) is 0 Å². The Morgan fingerprint density at radius 2 is 0.362 bits per heavy atom. The van der Waals surface area contributed by atoms with Gasteiger partial charge in [0.2, 0.25) is 0 Å². The highest BCUT2D eigenvalue weighted by Crippen LogP contribution is 2.25. The SMILES string of the molecule is CCC(COCC(O)COCC(O)COCC(O)CO)(COCC(O)COCC(COCC(O)COCC(O)CO)OCC(CO)OCC(O)CO)COCC(COCC(O)COCC(O)CO)OCC(COCC(O)COCC(O)CO)OCC(CO)OCC(O)CO. The van der Waals surface area contributed by atoms with E-state index in [0.29, 0.717) is 6.42 Å². The van der Waals surface area contributed by atoms with Gasteiger partial charge >= 0.3 is 0 Å². The summed E-state index contributed by atoms with van der Waals surface area (Å²) in [6.45, 7) is -9.93. The van der Waals surface area contributed by atoms with Gasteiger partial charge in [-0.15, -0.1) is 0 Å². The molecule has 0 spiro atoms. The molecule has 20 N–H and O–H groups in total. The summed E-state index contributed by atoms with van der Waals surface area (Å²) in [5.41, 5.74) is -1.04. The first-order valence-electron chi connectivity index (χ1n) is 31.2. The highest BCUT2D eigenvalue weighted by Gasteiger charge is 2.32. The standard InChI is InChI=1S/C57H116O37/c1-2-57(37-87-25-50(76)20-82-19-46(72)15-78-11-40(66)3-58,38-88-26-51(77)24-85-30-54(92-34-52(9-64)90-27-44(70)7-62)29-83-21-47(73)16-79-12-41(67)4-59)39-89-33-55(31-84-22-48(74)17-80-13-42(68)5-60)94-36-56(93-35-53(10-65)91-28-45(71)8-63)32-86-23-49(75)18-81-14-43(69)6-61/h40-56,58-77H,2-39H2,1H3. The smallest absolute Gasteiger partial charge is 0.104 e. The molecule has 94 heavy (non-hydrogen) atoms. The van der Waals surface area contributed by atoms with E-state index in [1.54, 1.807) is 6.92 Å². The second-order valence-electron chi connectivity index (χ2n) is 22.3. The van der Waals surface area contributed by atoms with E-state index in [4.69, 9.17) is 106 Å². The molecule has 0 aliphatic heterocycles. The monoisotopic (exact) mass is 1390 g/mol. The maximum absolute atomic E-state index is 11.1. The van der Waals surface area contributed by atoms with Crippen molar-refractivity contribution in [3.8, 4) is 0 Å². The maximum atomic E-state index is 11.1. The average Bonchev–Trinajstić information content (AvgIpc) is 1.23. The van der Waals surface area contributed by atoms with Crippen LogP contribution in [0.5, 0.6) is 0 Å². The van der Waals surface area contributed by atoms with Gasteiger partial charge in [-0.25, -0.2) is 0 Å². The summed E-state index contributed by atoms with van der Waals surface area (Å²) < 4.78 is 96.5. The Labute approximate surface area is 548 Å². The molecule has 37 nitrogen and oxygen atoms in total. The predicted molar refractivity (Wildman–Crippen MR) is 320 cm³/mol. The number of aliphatic hydroxyl groups excluding tert-OH is 20. The van der Waals surface area contributed by atoms with Gasteiger partial charge in [0.05, 0.1) is 244 Å². The molecule has 0 amide bonds. The average molecular weight is 1390 g/mol. The molecule has 0 aromatic carbocycles. The molecular formula is C57H116O37. The van der Waals surface area contributed by atoms with Crippen LogP contribution in [0.3, 0.4) is 0 Å². The molecule has 0 aliphatic carbocycles. The summed E-state index contributed by atoms with van der Waals surface area (Å²) in [6.07, 6.45) is -18.7. The number of rotatable bonds is 72. The molecule has 0 saturated carbocycles. The fraction of sp³-hybridized carbons (Fsp3) is 1.00. The highest BCUT2D eigenvalue weighted by molar-refractivity contribution is 4.79. The van der Waals surface area contributed by atoms with Crippen LogP contribution in [0.15, 0.2) is 0 Å². The lowest BCUT2D eigenvalue weighted by Crippen LogP contribution is -2.41. The van der Waals surface area contributed by atoms with Crippen molar-refractivity contribution < 1.29 is 183 Å². The van der Waals surface area contributed by atoms with E-state index in [-0.39, 0.29) is 192 Å². The van der Waals surface area contributed by atoms with Gasteiger partial charge in [0, 0.05) is 5.41 Å². The van der Waals surface area contributed by atoms with Crippen molar-refractivity contribution in [3.05, 3.63) is 0 Å². The number of aliphatic hydroxyl groups is 20. The molecule has 0 aliphatic rings. The second-order valence-corrected chi connectivity index (χ2v) is 22.3. The zero-order chi connectivity index (χ0) is 70.2. The Balaban J connectivity index is 6.54. The van der Waals surface area contributed by atoms with Crippen molar-refractivity contribution in [1.29, 1.82) is 0 Å². The Morgan fingerprint density at radius 1 is 0.191 bits per heavy atom. The quantitative estimate of drug-likeness (QED) is 0.0269. The lowest BCUT2D eigenvalue weighted by atomic mass is 9.88. The number of ether oxygens (including phenoxy) is 17. The fourth-order valence-electron chi connectivity index (χ4n) is 7.27. The molecule has 0 rings (SSSR count). The van der Waals surface area contributed by atoms with Crippen LogP contribution in [-0.2, 0) is 80.5 Å². The molecule has 0 aromatic heterocycles. The van der Waals surface area contributed by atoms with E-state index in [9.17, 15) is 76.6 Å². The van der Waals surface area contributed by atoms with E-state index in [2.05, 4.69) is 0 Å². The lowest BCUT2D eigenvalue weighted by molar-refractivity contribution is -0.148. The Hall–Kier alpha value is -1.48. The van der Waals surface area contributed by atoms with E-state index >= 15 is 0 Å². The van der Waals surface area contributed by atoms with Gasteiger partial charge in [-0.1, -0.05) is 6.92 Å². The van der Waals surface area contributed by atoms with E-state index in [1.165, 1.54) is 0 Å². The number of hydrogen-bond donors (Lipinski definition) is 20. The van der Waals surface area contributed by atoms with Crippen LogP contribution in [-0.4, -0.2) is 450 Å². The van der Waals surface area contributed by atoms with Crippen LogP contribution in [0.4, 0.5) is 0 Å². The van der Waals surface area contributed by atoms with Crippen LogP contribution in [0.1, 0.15) is 13.3 Å². The van der Waals surface area contributed by atoms with Crippen LogP contribution in [0.2, 0.25) is 0 Å². The van der Waals surface area contributed by atoms with Crippen molar-refractivity contribution in [1.82, 2.24) is 0 Å². The first-order chi connectivity index (χ1) is 45.1. The Bertz CT molecular complexity index is 1620. The van der Waals surface area contributed by atoms with E-state index in [1.807, 2.05) is 0 Å². The van der Waals surface area contributed by atoms with Crippen LogP contribution >= 0.6 is 0 Å². The minimum Gasteiger partial charge on any atom is -0.394 e. The normalized spacial score (nSPS) is 18.5. The molecule has 566 valence electrons. The van der Waals surface area contributed by atoms with Gasteiger partial charge in [-0.05, 0) is 6.42 Å². The molecule has 0 radical (unpaired) electrons. The van der Waals surface area contributed by atoms with Crippen molar-refractivity contribution in [3.63, 3.8) is 0 Å². The summed E-state index contributed by atoms with van der Waals surface area (Å²) in [5.74, 6) is 0. The van der Waals surface area contributed by atoms with Gasteiger partial charge in [-0.2, -0.15) is 0 Å². The van der Waals surface area contributed by atoms with Crippen molar-refractivity contribution >= 4 is 0 Å². The summed E-state index contributed by atoms with van der Waals surface area (Å²) in [4.78, 5) is 0. The van der Waals surface area contributed by atoms with Crippen LogP contribution in [0, 0.1) is 5.41 Å². The Morgan fingerprint density at radius 3 is 0.596 bits per heavy atom. The molecule has 0 heterocycles. The van der Waals surface area contributed by atoms with Gasteiger partial charge in [0.15, 0.2) is 0 Å². The van der Waals surface area contributed by atoms with Crippen molar-refractivity contribution in [2.24, 2.45) is 5.41 Å². The van der Waals surface area contributed by atoms with Crippen LogP contribution < -0.4 is 0 Å². The summed E-state index contributed by atoms with van der Waals surface area (Å²) in [6, 6.07) is 0. The molecule has 0 bridgehead atoms. The molecule has 18 unspecified atom stereocenters. The van der Waals surface area contributed by atoms with E-state index < -0.39 is 162 Å². The largest absolute Gasteiger partial charge is 0.394 e. The van der Waals surface area contributed by atoms with Gasteiger partial charge in [-0.3, -0.25) is 0 Å². The molecule has 0 saturated heterocycles. The second kappa shape index (κ2) is 61.4. The summed E-state index contributed by atoms with van der Waals surface area (Å²) >= 11 is 0. The molecule has 37 heteroatoms. The first kappa shape index (κ1) is 92.5. The highest BCUT2D eigenvalue weighted by atomic mass is 16.6. The minimum absolute atomic E-state index is 0.131. The number of hydrogen-bond acceptors (Lipinski definition) is 37. The van der Waals surface area contributed by atoms with Gasteiger partial charge < -0.3 is 183 Å². The lowest BCUT2D eigenvalue weighted by Gasteiger charge is -2.33. The van der Waals surface area contributed by atoms with Gasteiger partial charge in [0.1, 0.15) is 104 Å². The fourth-order valence-corrected chi connectivity index (χ4v) is 7.27. The third-order valence-electron chi connectivity index (χ3n) is 12.7. The Kier molecular flexibility index (Phi) is 60.4. The zero-order valence-corrected chi connectivity index (χ0v) is 54.1. The van der Waals surface area contributed by atoms with Crippen molar-refractivity contribution in [2.75, 3.05) is 244 Å². The first-order valence-corrected chi connectivity index (χ1v) is 31.2. The van der Waals surface area contributed by atoms with Crippen molar-refractivity contribution in [2.45, 2.75) is 117 Å². The maximum Gasteiger partial charge on any atom is 0.104 e. The molecule has 0 aromatic rings. The predicted octanol–water partition coefficient (Wildman–Crippen LogP) is -11.2. The topological polar surface area (TPSA) is 562 Å². The van der Waals surface area contributed by atoms with Crippen LogP contribution in [0.25, 0.3) is 0 Å². The zero-order valence-electron chi connectivity index (χ0n) is 54.1. The molecule has 18 atom stereocenters. The molecular weight excluding hydrogens is 1280 g/mol. The van der Waals surface area contributed by atoms with E-state index in [0.717, 1.165) is 0 Å². The molecule has 0 fully saturated rings. The minimum atomic E-state index is -1.26. The third kappa shape index (κ3) is 52.5. The summed E-state index contributed by atoms with van der Waals surface area (Å²) in [7, 11) is 0. The third-order valence-corrected chi connectivity index (χ3v) is 12.7.